The lowest BCUT2D eigenvalue weighted by Crippen LogP contribution is -2.37. The van der Waals surface area contributed by atoms with Crippen molar-refractivity contribution in [2.75, 3.05) is 10.6 Å². The van der Waals surface area contributed by atoms with E-state index in [0.29, 0.717) is 17.6 Å². The van der Waals surface area contributed by atoms with Crippen LogP contribution in [0.15, 0.2) is 64.6 Å². The van der Waals surface area contributed by atoms with Crippen LogP contribution in [0.25, 0.3) is 0 Å². The van der Waals surface area contributed by atoms with Crippen LogP contribution in [0.4, 0.5) is 11.6 Å². The van der Waals surface area contributed by atoms with Gasteiger partial charge in [0.05, 0.1) is 0 Å². The minimum absolute atomic E-state index is 0.160. The summed E-state index contributed by atoms with van der Waals surface area (Å²) in [5, 5.41) is 6.36. The summed E-state index contributed by atoms with van der Waals surface area (Å²) in [5.41, 5.74) is 3.38. The number of nitrogens with zero attached hydrogens (tertiary/aromatic N) is 4. The third-order valence-electron chi connectivity index (χ3n) is 4.10. The molecule has 0 saturated heterocycles. The predicted octanol–water partition coefficient (Wildman–Crippen LogP) is 2.70. The van der Waals surface area contributed by atoms with Crippen molar-refractivity contribution in [3.8, 4) is 0 Å². The summed E-state index contributed by atoms with van der Waals surface area (Å²) in [7, 11) is 0. The minimum atomic E-state index is -0.534. The van der Waals surface area contributed by atoms with E-state index in [2.05, 4.69) is 25.6 Å². The highest BCUT2D eigenvalue weighted by atomic mass is 16.1. The summed E-state index contributed by atoms with van der Waals surface area (Å²) in [5.74, 6) is 0.980. The van der Waals surface area contributed by atoms with E-state index in [1.807, 2.05) is 43.3 Å². The summed E-state index contributed by atoms with van der Waals surface area (Å²) >= 11 is 0. The number of guanidine groups is 1. The largest absolute Gasteiger partial charge is 0.326 e. The number of anilines is 2. The third kappa shape index (κ3) is 3.06. The lowest BCUT2D eigenvalue weighted by atomic mass is 10.2. The monoisotopic (exact) mass is 346 g/mol. The van der Waals surface area contributed by atoms with Crippen LogP contribution in [0.1, 0.15) is 23.0 Å². The molecule has 2 N–H and O–H groups in total. The number of rotatable bonds is 2. The molecule has 0 bridgehead atoms. The van der Waals surface area contributed by atoms with Crippen molar-refractivity contribution in [2.24, 2.45) is 4.99 Å². The van der Waals surface area contributed by atoms with Crippen LogP contribution in [0.3, 0.4) is 0 Å². The SMILES string of the molecule is Cc1ccc(NC2=N[C@H](c3cccnc3)n3c(nc(C)cc3=O)N2)cc1. The summed E-state index contributed by atoms with van der Waals surface area (Å²) in [6.07, 6.45) is 2.86. The molecule has 1 aromatic carbocycles. The zero-order chi connectivity index (χ0) is 18.1. The molecule has 0 saturated carbocycles. The molecule has 130 valence electrons. The van der Waals surface area contributed by atoms with E-state index in [-0.39, 0.29) is 5.56 Å². The Morgan fingerprint density at radius 3 is 2.69 bits per heavy atom. The number of fused-ring (bicyclic) bond motifs is 1. The average molecular weight is 346 g/mol. The molecule has 1 aliphatic heterocycles. The molecule has 1 aliphatic rings. The van der Waals surface area contributed by atoms with Crippen molar-refractivity contribution in [1.82, 2.24) is 14.5 Å². The van der Waals surface area contributed by atoms with E-state index >= 15 is 0 Å². The highest BCUT2D eigenvalue weighted by Gasteiger charge is 2.25. The zero-order valence-electron chi connectivity index (χ0n) is 14.5. The van der Waals surface area contributed by atoms with Gasteiger partial charge in [-0.05, 0) is 32.0 Å². The second kappa shape index (κ2) is 6.44. The van der Waals surface area contributed by atoms with Gasteiger partial charge in [-0.2, -0.15) is 0 Å². The Labute approximate surface area is 150 Å². The topological polar surface area (TPSA) is 84.2 Å². The van der Waals surface area contributed by atoms with Crippen LogP contribution in [-0.4, -0.2) is 20.5 Å². The standard InChI is InChI=1S/C19H18N6O/c1-12-5-7-15(8-6-12)22-18-23-17(14-4-3-9-20-11-14)25-16(26)10-13(2)21-19(25)24-18/h3-11,17H,1-2H3,(H2,21,22,23,24)/t17-/m0/s1. The second-order valence-electron chi connectivity index (χ2n) is 6.18. The number of nitrogens with one attached hydrogen (secondary N) is 2. The Bertz CT molecular complexity index is 1020. The van der Waals surface area contributed by atoms with Gasteiger partial charge in [-0.25, -0.2) is 9.98 Å². The minimum Gasteiger partial charge on any atom is -0.326 e. The smallest absolute Gasteiger partial charge is 0.257 e. The first-order valence-corrected chi connectivity index (χ1v) is 8.29. The van der Waals surface area contributed by atoms with Crippen molar-refractivity contribution in [2.45, 2.75) is 20.0 Å². The zero-order valence-corrected chi connectivity index (χ0v) is 14.5. The van der Waals surface area contributed by atoms with Gasteiger partial charge >= 0.3 is 0 Å². The highest BCUT2D eigenvalue weighted by molar-refractivity contribution is 6.03. The fraction of sp³-hybridized carbons (Fsp3) is 0.158. The van der Waals surface area contributed by atoms with Gasteiger partial charge in [0.15, 0.2) is 6.17 Å². The first kappa shape index (κ1) is 16.0. The molecule has 2 aromatic heterocycles. The highest BCUT2D eigenvalue weighted by Crippen LogP contribution is 2.25. The molecule has 1 atom stereocenters. The molecule has 3 heterocycles. The fourth-order valence-electron chi connectivity index (χ4n) is 2.84. The predicted molar refractivity (Wildman–Crippen MR) is 101 cm³/mol. The Morgan fingerprint density at radius 1 is 1.15 bits per heavy atom. The van der Waals surface area contributed by atoms with Crippen LogP contribution < -0.4 is 16.2 Å². The van der Waals surface area contributed by atoms with E-state index in [9.17, 15) is 4.79 Å². The normalized spacial score (nSPS) is 15.6. The maximum Gasteiger partial charge on any atom is 0.257 e. The second-order valence-corrected chi connectivity index (χ2v) is 6.18. The van der Waals surface area contributed by atoms with Gasteiger partial charge in [0.25, 0.3) is 5.56 Å². The van der Waals surface area contributed by atoms with Gasteiger partial charge in [0, 0.05) is 35.4 Å². The van der Waals surface area contributed by atoms with Crippen LogP contribution in [-0.2, 0) is 0 Å². The Morgan fingerprint density at radius 2 is 1.96 bits per heavy atom. The Hall–Kier alpha value is -3.48. The summed E-state index contributed by atoms with van der Waals surface area (Å²) in [6.45, 7) is 3.83. The molecule has 7 heteroatoms. The van der Waals surface area contributed by atoms with Gasteiger partial charge in [0.2, 0.25) is 11.9 Å². The van der Waals surface area contributed by atoms with E-state index in [1.165, 1.54) is 16.2 Å². The Kier molecular flexibility index (Phi) is 3.96. The first-order chi connectivity index (χ1) is 12.6. The average Bonchev–Trinajstić information content (AvgIpc) is 2.63. The van der Waals surface area contributed by atoms with Gasteiger partial charge < -0.3 is 5.32 Å². The number of benzene rings is 1. The molecular weight excluding hydrogens is 328 g/mol. The number of aromatic nitrogens is 3. The molecule has 0 radical (unpaired) electrons. The lowest BCUT2D eigenvalue weighted by molar-refractivity contribution is 0.575. The number of pyridine rings is 1. The number of hydrogen-bond donors (Lipinski definition) is 2. The molecule has 0 fully saturated rings. The van der Waals surface area contributed by atoms with Crippen LogP contribution in [0, 0.1) is 13.8 Å². The molecular formula is C19H18N6O. The fourth-order valence-corrected chi connectivity index (χ4v) is 2.84. The summed E-state index contributed by atoms with van der Waals surface area (Å²) < 4.78 is 1.53. The van der Waals surface area contributed by atoms with E-state index < -0.39 is 6.17 Å². The molecule has 4 rings (SSSR count). The van der Waals surface area contributed by atoms with Crippen molar-refractivity contribution in [1.29, 1.82) is 0 Å². The van der Waals surface area contributed by atoms with Crippen molar-refractivity contribution < 1.29 is 0 Å². The van der Waals surface area contributed by atoms with Gasteiger partial charge in [0.1, 0.15) is 0 Å². The molecule has 0 spiro atoms. The van der Waals surface area contributed by atoms with Crippen molar-refractivity contribution in [3.63, 3.8) is 0 Å². The summed E-state index contributed by atoms with van der Waals surface area (Å²) in [4.78, 5) is 25.8. The third-order valence-corrected chi connectivity index (χ3v) is 4.10. The van der Waals surface area contributed by atoms with Crippen LogP contribution in [0.2, 0.25) is 0 Å². The number of aliphatic imine (C=N–C) groups is 1. The number of aryl methyl sites for hydroxylation is 2. The molecule has 0 amide bonds. The lowest BCUT2D eigenvalue weighted by Gasteiger charge is -2.26. The summed E-state index contributed by atoms with van der Waals surface area (Å²) in [6, 6.07) is 13.2. The van der Waals surface area contributed by atoms with E-state index in [4.69, 9.17) is 0 Å². The van der Waals surface area contributed by atoms with Crippen molar-refractivity contribution in [3.05, 3.63) is 82.0 Å². The molecule has 26 heavy (non-hydrogen) atoms. The van der Waals surface area contributed by atoms with Crippen LogP contribution in [0.5, 0.6) is 0 Å². The molecule has 0 aliphatic carbocycles. The maximum atomic E-state index is 12.5. The van der Waals surface area contributed by atoms with Crippen LogP contribution >= 0.6 is 0 Å². The first-order valence-electron chi connectivity index (χ1n) is 8.29. The maximum absolute atomic E-state index is 12.5. The van der Waals surface area contributed by atoms with E-state index in [1.54, 1.807) is 19.3 Å². The molecule has 0 unspecified atom stereocenters. The van der Waals surface area contributed by atoms with Gasteiger partial charge in [-0.15, -0.1) is 0 Å². The Balaban J connectivity index is 1.78. The quantitative estimate of drug-likeness (QED) is 0.745. The molecule has 7 nitrogen and oxygen atoms in total. The van der Waals surface area contributed by atoms with Crippen molar-refractivity contribution >= 4 is 17.6 Å². The van der Waals surface area contributed by atoms with Gasteiger partial charge in [-0.1, -0.05) is 23.8 Å². The molecule has 3 aromatic rings. The van der Waals surface area contributed by atoms with Gasteiger partial charge in [-0.3, -0.25) is 19.7 Å². The van der Waals surface area contributed by atoms with E-state index in [0.717, 1.165) is 11.3 Å². The number of hydrogen-bond acceptors (Lipinski definition) is 6.